The predicted octanol–water partition coefficient (Wildman–Crippen LogP) is 2.07. The van der Waals surface area contributed by atoms with Crippen LogP contribution in [0.3, 0.4) is 0 Å². The van der Waals surface area contributed by atoms with E-state index in [-0.39, 0.29) is 0 Å². The van der Waals surface area contributed by atoms with Gasteiger partial charge in [0.05, 0.1) is 9.74 Å². The summed E-state index contributed by atoms with van der Waals surface area (Å²) in [6.07, 6.45) is 0. The Balaban J connectivity index is 4.09. The zero-order valence-corrected chi connectivity index (χ0v) is 5.60. The Morgan fingerprint density at radius 3 is 2.50 bits per heavy atom. The molecule has 1 atom stereocenters. The third-order valence-electron chi connectivity index (χ3n) is 0.381. The van der Waals surface area contributed by atoms with Crippen molar-refractivity contribution < 1.29 is 0 Å². The quantitative estimate of drug-likeness (QED) is 0.246. The van der Waals surface area contributed by atoms with E-state index in [0.29, 0.717) is 0 Å². The molecule has 0 spiro atoms. The van der Waals surface area contributed by atoms with Crippen LogP contribution in [0, 0.1) is 11.1 Å². The van der Waals surface area contributed by atoms with Crippen LogP contribution in [-0.2, 0) is 0 Å². The number of rotatable bonds is 4. The first-order valence-corrected chi connectivity index (χ1v) is 3.11. The van der Waals surface area contributed by atoms with Crippen molar-refractivity contribution in [1.82, 2.24) is 0 Å². The van der Waals surface area contributed by atoms with Crippen LogP contribution >= 0.6 is 8.01 Å². The van der Waals surface area contributed by atoms with Crippen molar-refractivity contribution in [1.29, 1.82) is 11.1 Å². The summed E-state index contributed by atoms with van der Waals surface area (Å²) in [5, 5.41) is 11.3. The minimum Gasteiger partial charge on any atom is -0.395 e. The van der Waals surface area contributed by atoms with E-state index in [9.17, 15) is 0 Å². The van der Waals surface area contributed by atoms with Gasteiger partial charge in [-0.25, -0.2) is 5.22 Å². The zero-order valence-electron chi connectivity index (χ0n) is 4.71. The van der Waals surface area contributed by atoms with Gasteiger partial charge in [0.15, 0.2) is 0 Å². The maximum atomic E-state index is 6.26. The van der Waals surface area contributed by atoms with E-state index >= 15 is 0 Å². The van der Waals surface area contributed by atoms with Gasteiger partial charge in [0.25, 0.3) is 0 Å². The average molecular weight is 161 g/mol. The number of hydrogen-bond acceptors (Lipinski definition) is 4. The molecule has 0 bridgehead atoms. The summed E-state index contributed by atoms with van der Waals surface area (Å²) >= 11 is 0. The van der Waals surface area contributed by atoms with Gasteiger partial charge in [0.2, 0.25) is 0 Å². The second kappa shape index (κ2) is 5.63. The molecule has 0 radical (unpaired) electrons. The molecule has 0 saturated carbocycles. The molecule has 4 N–H and O–H groups in total. The van der Waals surface area contributed by atoms with Crippen LogP contribution in [-0.4, -0.2) is 0 Å². The third kappa shape index (κ3) is 3.50. The Labute approximate surface area is 56.6 Å². The molecule has 0 saturated heterocycles. The highest BCUT2D eigenvalue weighted by atomic mass is 31.1. The van der Waals surface area contributed by atoms with E-state index in [4.69, 9.17) is 11.1 Å². The first-order chi connectivity index (χ1) is 4.85. The fraction of sp³-hybridized carbons (Fsp3) is 0. The second-order valence-electron chi connectivity index (χ2n) is 0.852. The molecule has 0 aromatic heterocycles. The highest BCUT2D eigenvalue weighted by Crippen LogP contribution is 2.35. The minimum atomic E-state index is -1.69. The zero-order chi connectivity index (χ0) is 7.82. The van der Waals surface area contributed by atoms with E-state index < -0.39 is 8.01 Å². The van der Waals surface area contributed by atoms with Gasteiger partial charge in [-0.1, -0.05) is 0 Å². The Morgan fingerprint density at radius 2 is 2.10 bits per heavy atom. The maximum absolute atomic E-state index is 6.26. The number of nitrogens with zero attached hydrogens (tertiary/aromatic N) is 6. The summed E-state index contributed by atoms with van der Waals surface area (Å²) in [4.78, 5) is 6.35. The first-order valence-electron chi connectivity index (χ1n) is 1.91. The van der Waals surface area contributed by atoms with Crippen LogP contribution in [0.5, 0.6) is 0 Å². The number of nitrogens with two attached hydrogens (primary N) is 1. The Kier molecular flexibility index (Phi) is 4.79. The van der Waals surface area contributed by atoms with Gasteiger partial charge in [-0.2, -0.15) is 5.53 Å². The molecule has 0 aromatic rings. The molecule has 9 nitrogen and oxygen atoms in total. The van der Waals surface area contributed by atoms with Crippen LogP contribution in [0.15, 0.2) is 25.4 Å². The standard InChI is InChI=1S/H4N9P/c1-4-7-10(8-5-2)9-6-3/h(H4,1,2,3,7,8,9). The van der Waals surface area contributed by atoms with E-state index in [1.165, 1.54) is 0 Å². The van der Waals surface area contributed by atoms with E-state index in [0.717, 1.165) is 0 Å². The smallest absolute Gasteiger partial charge is 0.395 e. The molecule has 0 amide bonds. The van der Waals surface area contributed by atoms with Crippen LogP contribution < -0.4 is 5.84 Å². The van der Waals surface area contributed by atoms with Gasteiger partial charge in [0, 0.05) is 0 Å². The average Bonchev–Trinajstić information content (AvgIpc) is 1.90. The molecule has 0 aromatic carbocycles. The molecule has 0 aliphatic rings. The minimum absolute atomic E-state index is 1.69. The van der Waals surface area contributed by atoms with E-state index in [1.807, 2.05) is 0 Å². The van der Waals surface area contributed by atoms with Crippen LogP contribution in [0.1, 0.15) is 0 Å². The van der Waals surface area contributed by atoms with Gasteiger partial charge in [-0.05, 0) is 10.4 Å². The first kappa shape index (κ1) is 8.50. The second-order valence-corrected chi connectivity index (χ2v) is 1.93. The summed E-state index contributed by atoms with van der Waals surface area (Å²) in [7, 11) is -1.69. The maximum Gasteiger partial charge on any atom is 0.468 e. The molecular weight excluding hydrogens is 157 g/mol. The van der Waals surface area contributed by atoms with Gasteiger partial charge < -0.3 is 11.4 Å². The highest BCUT2D eigenvalue weighted by Gasteiger charge is 2.04. The van der Waals surface area contributed by atoms with Gasteiger partial charge in [-0.3, -0.25) is 0 Å². The van der Waals surface area contributed by atoms with Crippen molar-refractivity contribution in [2.45, 2.75) is 0 Å². The van der Waals surface area contributed by atoms with Crippen molar-refractivity contribution >= 4 is 8.01 Å². The summed E-state index contributed by atoms with van der Waals surface area (Å²) < 4.78 is 0. The molecule has 0 heterocycles. The molecule has 0 rings (SSSR count). The van der Waals surface area contributed by atoms with Crippen molar-refractivity contribution in [3.63, 3.8) is 0 Å². The monoisotopic (exact) mass is 161 g/mol. The molecule has 0 aliphatic carbocycles. The lowest BCUT2D eigenvalue weighted by Gasteiger charge is -1.80. The van der Waals surface area contributed by atoms with Crippen LogP contribution in [0.25, 0.3) is 5.20 Å². The van der Waals surface area contributed by atoms with Crippen LogP contribution in [0.2, 0.25) is 0 Å². The summed E-state index contributed by atoms with van der Waals surface area (Å²) in [5.74, 6) is 4.64. The Hall–Kier alpha value is -1.50. The molecule has 54 valence electrons. The lowest BCUT2D eigenvalue weighted by molar-refractivity contribution is 0.996. The largest absolute Gasteiger partial charge is 0.468 e. The van der Waals surface area contributed by atoms with Crippen molar-refractivity contribution in [2.24, 2.45) is 31.3 Å². The lowest BCUT2D eigenvalue weighted by atomic mass is 12.7. The fourth-order valence-electron chi connectivity index (χ4n) is 0.180. The van der Waals surface area contributed by atoms with Gasteiger partial charge in [-0.15, -0.1) is 5.20 Å². The molecule has 10 heteroatoms. The van der Waals surface area contributed by atoms with Crippen LogP contribution in [0.4, 0.5) is 0 Å². The SMILES string of the molecule is N=N/N=[P+](\N=NN)[N-]N=N. The molecule has 0 fully saturated rings. The Morgan fingerprint density at radius 1 is 1.40 bits per heavy atom. The Bertz CT molecular complexity index is 164. The molecule has 10 heavy (non-hydrogen) atoms. The summed E-state index contributed by atoms with van der Waals surface area (Å²) in [6, 6.07) is 0. The molecule has 1 unspecified atom stereocenters. The fourth-order valence-corrected chi connectivity index (χ4v) is 0.540. The molecule has 0 aliphatic heterocycles. The normalized spacial score (nSPS) is 11.4. The third-order valence-corrected chi connectivity index (χ3v) is 1.14. The summed E-state index contributed by atoms with van der Waals surface area (Å²) in [6.45, 7) is 0. The van der Waals surface area contributed by atoms with E-state index in [2.05, 4.69) is 36.4 Å². The van der Waals surface area contributed by atoms with Gasteiger partial charge in [0.1, 0.15) is 0 Å². The van der Waals surface area contributed by atoms with Gasteiger partial charge >= 0.3 is 8.01 Å². The molecular formula is H4N9P. The predicted molar refractivity (Wildman–Crippen MR) is 32.0 cm³/mol. The van der Waals surface area contributed by atoms with E-state index in [1.54, 1.807) is 0 Å². The lowest BCUT2D eigenvalue weighted by Crippen LogP contribution is -1.70. The van der Waals surface area contributed by atoms with Crippen molar-refractivity contribution in [3.8, 4) is 0 Å². The topological polar surface area (TPSA) is 150 Å². The van der Waals surface area contributed by atoms with Crippen molar-refractivity contribution in [2.75, 3.05) is 0 Å². The summed E-state index contributed by atoms with van der Waals surface area (Å²) in [5.41, 5.74) is 12.5. The number of hydrogen-bond donors (Lipinski definition) is 3. The van der Waals surface area contributed by atoms with Crippen molar-refractivity contribution in [3.05, 3.63) is 5.20 Å². The highest BCUT2D eigenvalue weighted by molar-refractivity contribution is 7.48. The number of nitrogens with one attached hydrogen (secondary N) is 2.